The van der Waals surface area contributed by atoms with E-state index in [0.717, 1.165) is 18.6 Å². The third-order valence-corrected chi connectivity index (χ3v) is 5.18. The SMILES string of the molecule is Cn1c(C(F)(F)F)cc(=O)n(-c2ccc3snc(C(Br)C#N)c3c2)c1=O. The number of aromatic nitrogens is 3. The summed E-state index contributed by atoms with van der Waals surface area (Å²) in [5, 5.41) is 9.57. The van der Waals surface area contributed by atoms with E-state index in [1.165, 1.54) is 12.1 Å². The number of alkyl halides is 4. The summed E-state index contributed by atoms with van der Waals surface area (Å²) in [6, 6.07) is 6.84. The van der Waals surface area contributed by atoms with Crippen molar-refractivity contribution in [2.45, 2.75) is 11.0 Å². The van der Waals surface area contributed by atoms with Gasteiger partial charge in [-0.1, -0.05) is 15.9 Å². The third kappa shape index (κ3) is 2.95. The maximum Gasteiger partial charge on any atom is 0.431 e. The van der Waals surface area contributed by atoms with Crippen LogP contribution in [-0.2, 0) is 13.2 Å². The largest absolute Gasteiger partial charge is 0.431 e. The minimum atomic E-state index is -4.82. The summed E-state index contributed by atoms with van der Waals surface area (Å²) in [6.07, 6.45) is -4.82. The molecular formula is C15H8BrF3N4O2S. The summed E-state index contributed by atoms with van der Waals surface area (Å²) in [7, 11) is 0.946. The average Bonchev–Trinajstić information content (AvgIpc) is 3.00. The van der Waals surface area contributed by atoms with Crippen molar-refractivity contribution in [2.75, 3.05) is 0 Å². The van der Waals surface area contributed by atoms with E-state index >= 15 is 0 Å². The van der Waals surface area contributed by atoms with Crippen LogP contribution in [0.4, 0.5) is 13.2 Å². The number of hydrogen-bond acceptors (Lipinski definition) is 5. The molecule has 2 heterocycles. The van der Waals surface area contributed by atoms with E-state index in [2.05, 4.69) is 20.3 Å². The second-order valence-corrected chi connectivity index (χ2v) is 7.00. The van der Waals surface area contributed by atoms with Crippen molar-refractivity contribution in [3.63, 3.8) is 0 Å². The Hall–Kier alpha value is -2.45. The van der Waals surface area contributed by atoms with E-state index in [9.17, 15) is 22.8 Å². The molecular weight excluding hydrogens is 437 g/mol. The highest BCUT2D eigenvalue weighted by Gasteiger charge is 2.35. The molecule has 0 spiro atoms. The van der Waals surface area contributed by atoms with Gasteiger partial charge in [0.2, 0.25) is 0 Å². The van der Waals surface area contributed by atoms with E-state index in [4.69, 9.17) is 5.26 Å². The van der Waals surface area contributed by atoms with Crippen molar-refractivity contribution in [1.29, 1.82) is 5.26 Å². The molecule has 1 aromatic carbocycles. The van der Waals surface area contributed by atoms with Crippen LogP contribution in [0.2, 0.25) is 0 Å². The second kappa shape index (κ2) is 6.37. The molecule has 3 aromatic rings. The van der Waals surface area contributed by atoms with Gasteiger partial charge in [0.15, 0.2) is 0 Å². The van der Waals surface area contributed by atoms with Gasteiger partial charge in [0.05, 0.1) is 22.2 Å². The molecule has 0 saturated heterocycles. The van der Waals surface area contributed by atoms with Gasteiger partial charge >= 0.3 is 11.9 Å². The first-order valence-corrected chi connectivity index (χ1v) is 8.67. The molecule has 0 amide bonds. The number of fused-ring (bicyclic) bond motifs is 1. The van der Waals surface area contributed by atoms with Gasteiger partial charge in [0.1, 0.15) is 10.5 Å². The van der Waals surface area contributed by atoms with Gasteiger partial charge in [0, 0.05) is 18.5 Å². The second-order valence-electron chi connectivity index (χ2n) is 5.28. The van der Waals surface area contributed by atoms with E-state index in [0.29, 0.717) is 31.0 Å². The fourth-order valence-electron chi connectivity index (χ4n) is 2.46. The van der Waals surface area contributed by atoms with Crippen LogP contribution in [0.5, 0.6) is 0 Å². The van der Waals surface area contributed by atoms with E-state index in [1.54, 1.807) is 6.07 Å². The molecule has 11 heteroatoms. The molecule has 3 rings (SSSR count). The molecule has 1 unspecified atom stereocenters. The Bertz CT molecular complexity index is 1170. The van der Waals surface area contributed by atoms with E-state index in [-0.39, 0.29) is 5.69 Å². The Labute approximate surface area is 156 Å². The number of nitriles is 1. The number of benzene rings is 1. The highest BCUT2D eigenvalue weighted by molar-refractivity contribution is 9.09. The van der Waals surface area contributed by atoms with Crippen LogP contribution >= 0.6 is 27.5 Å². The van der Waals surface area contributed by atoms with Gasteiger partial charge in [-0.05, 0) is 29.7 Å². The molecule has 6 nitrogen and oxygen atoms in total. The van der Waals surface area contributed by atoms with Gasteiger partial charge in [-0.2, -0.15) is 22.8 Å². The topological polar surface area (TPSA) is 80.7 Å². The molecule has 0 bridgehead atoms. The molecule has 0 aliphatic rings. The van der Waals surface area contributed by atoms with Crippen LogP contribution < -0.4 is 11.2 Å². The maximum atomic E-state index is 12.9. The molecule has 26 heavy (non-hydrogen) atoms. The molecule has 0 radical (unpaired) electrons. The van der Waals surface area contributed by atoms with Gasteiger partial charge in [-0.15, -0.1) is 0 Å². The lowest BCUT2D eigenvalue weighted by atomic mass is 10.1. The predicted octanol–water partition coefficient (Wildman–Crippen LogP) is 3.12. The van der Waals surface area contributed by atoms with Crippen LogP contribution in [0, 0.1) is 11.3 Å². The van der Waals surface area contributed by atoms with E-state index in [1.807, 2.05) is 6.07 Å². The Morgan fingerprint density at radius 3 is 2.62 bits per heavy atom. The molecule has 0 N–H and O–H groups in total. The number of rotatable bonds is 2. The summed E-state index contributed by atoms with van der Waals surface area (Å²) in [6.45, 7) is 0. The van der Waals surface area contributed by atoms with Crippen molar-refractivity contribution >= 4 is 37.5 Å². The lowest BCUT2D eigenvalue weighted by Gasteiger charge is -2.14. The minimum Gasteiger partial charge on any atom is -0.292 e. The van der Waals surface area contributed by atoms with Crippen molar-refractivity contribution in [3.05, 3.63) is 56.5 Å². The lowest BCUT2D eigenvalue weighted by molar-refractivity contribution is -0.144. The van der Waals surface area contributed by atoms with Gasteiger partial charge < -0.3 is 0 Å². The molecule has 0 aliphatic carbocycles. The summed E-state index contributed by atoms with van der Waals surface area (Å²) in [4.78, 5) is 23.8. The molecule has 134 valence electrons. The van der Waals surface area contributed by atoms with Crippen LogP contribution in [0.1, 0.15) is 16.2 Å². The number of halogens is 4. The van der Waals surface area contributed by atoms with Crippen LogP contribution in [0.15, 0.2) is 33.9 Å². The Kier molecular flexibility index (Phi) is 4.49. The normalized spacial score (nSPS) is 12.9. The summed E-state index contributed by atoms with van der Waals surface area (Å²) in [5.41, 5.74) is -3.04. The van der Waals surface area contributed by atoms with Crippen LogP contribution in [0.25, 0.3) is 15.8 Å². The molecule has 0 aliphatic heterocycles. The van der Waals surface area contributed by atoms with Gasteiger partial charge in [-0.25, -0.2) is 9.36 Å². The van der Waals surface area contributed by atoms with Gasteiger partial charge in [-0.3, -0.25) is 9.36 Å². The predicted molar refractivity (Wildman–Crippen MR) is 92.7 cm³/mol. The zero-order chi connectivity index (χ0) is 19.2. The van der Waals surface area contributed by atoms with Crippen molar-refractivity contribution in [2.24, 2.45) is 7.05 Å². The summed E-state index contributed by atoms with van der Waals surface area (Å²) in [5.74, 6) is 0. The Balaban J connectivity index is 2.28. The smallest absolute Gasteiger partial charge is 0.292 e. The maximum absolute atomic E-state index is 12.9. The van der Waals surface area contributed by atoms with Crippen molar-refractivity contribution < 1.29 is 13.2 Å². The monoisotopic (exact) mass is 444 g/mol. The summed E-state index contributed by atoms with van der Waals surface area (Å²) >= 11 is 4.29. The highest BCUT2D eigenvalue weighted by Crippen LogP contribution is 2.32. The quantitative estimate of drug-likeness (QED) is 0.568. The first kappa shape index (κ1) is 18.3. The molecule has 2 aromatic heterocycles. The van der Waals surface area contributed by atoms with Crippen LogP contribution in [0.3, 0.4) is 0 Å². The molecule has 0 fully saturated rings. The standard InChI is InChI=1S/C15H8BrF3N4O2S/c1-22-11(15(17,18)19)5-12(24)23(14(22)25)7-2-3-10-8(4-7)13(21-26-10)9(16)6-20/h2-5,9H,1H3. The first-order valence-electron chi connectivity index (χ1n) is 6.99. The third-order valence-electron chi connectivity index (χ3n) is 3.70. The fourth-order valence-corrected chi connectivity index (χ4v) is 3.74. The molecule has 1 atom stereocenters. The first-order chi connectivity index (χ1) is 12.1. The number of hydrogen-bond donors (Lipinski definition) is 0. The Morgan fingerprint density at radius 1 is 1.31 bits per heavy atom. The number of nitrogens with zero attached hydrogens (tertiary/aromatic N) is 4. The van der Waals surface area contributed by atoms with Crippen molar-refractivity contribution in [3.8, 4) is 11.8 Å². The average molecular weight is 445 g/mol. The zero-order valence-electron chi connectivity index (χ0n) is 12.9. The van der Waals surface area contributed by atoms with E-state index < -0.39 is 27.9 Å². The Morgan fingerprint density at radius 2 is 2.00 bits per heavy atom. The summed E-state index contributed by atoms with van der Waals surface area (Å²) < 4.78 is 44.7. The fraction of sp³-hybridized carbons (Fsp3) is 0.200. The van der Waals surface area contributed by atoms with Crippen molar-refractivity contribution in [1.82, 2.24) is 13.5 Å². The zero-order valence-corrected chi connectivity index (χ0v) is 15.3. The lowest BCUT2D eigenvalue weighted by Crippen LogP contribution is -2.40. The minimum absolute atomic E-state index is 0.0934. The highest BCUT2D eigenvalue weighted by atomic mass is 79.9. The molecule has 0 saturated carbocycles. The van der Waals surface area contributed by atoms with Crippen LogP contribution in [-0.4, -0.2) is 13.5 Å². The van der Waals surface area contributed by atoms with Gasteiger partial charge in [0.25, 0.3) is 5.56 Å².